The van der Waals surface area contributed by atoms with Crippen LogP contribution in [0, 0.1) is 5.82 Å². The van der Waals surface area contributed by atoms with Crippen molar-refractivity contribution in [2.24, 2.45) is 0 Å². The number of anilines is 1. The van der Waals surface area contributed by atoms with Crippen molar-refractivity contribution in [1.29, 1.82) is 0 Å². The van der Waals surface area contributed by atoms with Crippen LogP contribution in [0.4, 0.5) is 10.1 Å². The van der Waals surface area contributed by atoms with Gasteiger partial charge in [0.25, 0.3) is 0 Å². The Morgan fingerprint density at radius 3 is 2.41 bits per heavy atom. The zero-order valence-corrected chi connectivity index (χ0v) is 16.7. The Hall–Kier alpha value is -2.87. The van der Waals surface area contributed by atoms with Gasteiger partial charge in [-0.3, -0.25) is 4.72 Å². The summed E-state index contributed by atoms with van der Waals surface area (Å²) in [6.07, 6.45) is 1.82. The highest BCUT2D eigenvalue weighted by Gasteiger charge is 2.31. The fourth-order valence-electron chi connectivity index (χ4n) is 3.27. The van der Waals surface area contributed by atoms with Crippen molar-refractivity contribution in [3.63, 3.8) is 0 Å². The summed E-state index contributed by atoms with van der Waals surface area (Å²) in [5, 5.41) is 9.57. The van der Waals surface area contributed by atoms with Crippen molar-refractivity contribution in [2.75, 3.05) is 4.72 Å². The third kappa shape index (κ3) is 3.60. The lowest BCUT2D eigenvalue weighted by Gasteiger charge is -2.14. The van der Waals surface area contributed by atoms with E-state index in [1.807, 2.05) is 0 Å². The molecule has 1 aliphatic rings. The molecule has 3 aromatic rings. The number of nitrogens with one attached hydrogen (secondary N) is 1. The molecule has 0 aliphatic heterocycles. The number of halogens is 1. The Kier molecular flexibility index (Phi) is 4.61. The first-order valence-corrected chi connectivity index (χ1v) is 10.8. The molecule has 0 bridgehead atoms. The molecular formula is C21H20FNO5S. The highest BCUT2D eigenvalue weighted by molar-refractivity contribution is 7.93. The fraction of sp³-hybridized carbons (Fsp3) is 0.286. The Morgan fingerprint density at radius 2 is 1.86 bits per heavy atom. The minimum Gasteiger partial charge on any atom is -0.478 e. The van der Waals surface area contributed by atoms with Crippen LogP contribution in [0.3, 0.4) is 0 Å². The van der Waals surface area contributed by atoms with Gasteiger partial charge in [0.2, 0.25) is 10.0 Å². The Bertz CT molecular complexity index is 1210. The first kappa shape index (κ1) is 19.4. The minimum atomic E-state index is -3.57. The van der Waals surface area contributed by atoms with Gasteiger partial charge in [0.15, 0.2) is 0 Å². The second-order valence-electron chi connectivity index (χ2n) is 7.52. The second-order valence-corrected chi connectivity index (χ2v) is 9.76. The average Bonchev–Trinajstić information content (AvgIpc) is 3.41. The summed E-state index contributed by atoms with van der Waals surface area (Å²) in [7, 11) is -3.57. The molecule has 0 atom stereocenters. The lowest BCUT2D eigenvalue weighted by atomic mass is 10.0. The fourth-order valence-corrected chi connectivity index (χ4v) is 3.99. The molecule has 0 spiro atoms. The maximum absolute atomic E-state index is 13.3. The molecule has 1 fully saturated rings. The number of carbonyl (C=O) groups is 1. The normalized spacial score (nSPS) is 14.5. The van der Waals surface area contributed by atoms with Gasteiger partial charge in [0, 0.05) is 17.0 Å². The standard InChI is InChI=1S/C21H20FNO5S/c1-11(2)29(26,27)23-17-10-18-16(9-15(17)12-3-4-12)19(21(24)25)20(28-18)13-5-7-14(22)8-6-13/h5-12,23H,3-4H2,1-2H3,(H,24,25). The zero-order chi connectivity index (χ0) is 20.9. The van der Waals surface area contributed by atoms with Gasteiger partial charge >= 0.3 is 5.97 Å². The topological polar surface area (TPSA) is 96.6 Å². The van der Waals surface area contributed by atoms with Gasteiger partial charge in [-0.1, -0.05) is 0 Å². The zero-order valence-electron chi connectivity index (χ0n) is 15.9. The van der Waals surface area contributed by atoms with E-state index in [4.69, 9.17) is 4.42 Å². The molecule has 152 valence electrons. The SMILES string of the molecule is CC(C)S(=O)(=O)Nc1cc2oc(-c3ccc(F)cc3)c(C(=O)O)c2cc1C1CC1. The molecule has 8 heteroatoms. The van der Waals surface area contributed by atoms with Crippen LogP contribution in [-0.4, -0.2) is 24.7 Å². The number of rotatable bonds is 6. The summed E-state index contributed by atoms with van der Waals surface area (Å²) >= 11 is 0. The quantitative estimate of drug-likeness (QED) is 0.591. The van der Waals surface area contributed by atoms with Crippen molar-refractivity contribution >= 4 is 32.6 Å². The van der Waals surface area contributed by atoms with E-state index in [2.05, 4.69) is 4.72 Å². The Balaban J connectivity index is 1.93. The smallest absolute Gasteiger partial charge is 0.340 e. The third-order valence-electron chi connectivity index (χ3n) is 5.07. The van der Waals surface area contributed by atoms with Crippen LogP contribution in [0.25, 0.3) is 22.3 Å². The van der Waals surface area contributed by atoms with Gasteiger partial charge in [-0.05, 0) is 68.5 Å². The van der Waals surface area contributed by atoms with Crippen LogP contribution in [0.2, 0.25) is 0 Å². The molecule has 1 saturated carbocycles. The lowest BCUT2D eigenvalue weighted by molar-refractivity contribution is 0.0699. The van der Waals surface area contributed by atoms with Gasteiger partial charge in [0.1, 0.15) is 22.7 Å². The molecule has 0 saturated heterocycles. The third-order valence-corrected chi connectivity index (χ3v) is 6.82. The number of fused-ring (bicyclic) bond motifs is 1. The first-order valence-electron chi connectivity index (χ1n) is 9.28. The molecule has 2 N–H and O–H groups in total. The largest absolute Gasteiger partial charge is 0.478 e. The van der Waals surface area contributed by atoms with Crippen LogP contribution in [0.1, 0.15) is 48.5 Å². The van der Waals surface area contributed by atoms with Crippen molar-refractivity contribution in [3.05, 3.63) is 53.3 Å². The van der Waals surface area contributed by atoms with Crippen LogP contribution in [0.15, 0.2) is 40.8 Å². The second kappa shape index (κ2) is 6.88. The van der Waals surface area contributed by atoms with Crippen LogP contribution in [0.5, 0.6) is 0 Å². The molecule has 1 heterocycles. The number of benzene rings is 2. The highest BCUT2D eigenvalue weighted by atomic mass is 32.2. The Morgan fingerprint density at radius 1 is 1.21 bits per heavy atom. The predicted octanol–water partition coefficient (Wildman–Crippen LogP) is 4.96. The van der Waals surface area contributed by atoms with Gasteiger partial charge in [-0.25, -0.2) is 17.6 Å². The van der Waals surface area contributed by atoms with E-state index in [1.54, 1.807) is 26.0 Å². The molecule has 4 rings (SSSR count). The van der Waals surface area contributed by atoms with E-state index < -0.39 is 27.1 Å². The van der Waals surface area contributed by atoms with Crippen LogP contribution < -0.4 is 4.72 Å². The maximum atomic E-state index is 13.3. The number of hydrogen-bond donors (Lipinski definition) is 2. The maximum Gasteiger partial charge on any atom is 0.340 e. The predicted molar refractivity (Wildman–Crippen MR) is 108 cm³/mol. The summed E-state index contributed by atoms with van der Waals surface area (Å²) < 4.78 is 46.5. The minimum absolute atomic E-state index is 0.0215. The molecule has 29 heavy (non-hydrogen) atoms. The van der Waals surface area contributed by atoms with Gasteiger partial charge in [-0.2, -0.15) is 0 Å². The summed E-state index contributed by atoms with van der Waals surface area (Å²) in [5.74, 6) is -1.32. The van der Waals surface area contributed by atoms with Gasteiger partial charge in [0.05, 0.1) is 10.9 Å². The molecule has 0 radical (unpaired) electrons. The summed E-state index contributed by atoms with van der Waals surface area (Å²) in [6, 6.07) is 8.60. The summed E-state index contributed by atoms with van der Waals surface area (Å²) in [6.45, 7) is 3.17. The summed E-state index contributed by atoms with van der Waals surface area (Å²) in [4.78, 5) is 12.0. The van der Waals surface area contributed by atoms with Crippen molar-refractivity contribution in [3.8, 4) is 11.3 Å². The average molecular weight is 417 g/mol. The van der Waals surface area contributed by atoms with Crippen molar-refractivity contribution in [2.45, 2.75) is 37.9 Å². The molecule has 0 unspecified atom stereocenters. The molecule has 1 aliphatic carbocycles. The number of aromatic carboxylic acids is 1. The number of hydrogen-bond acceptors (Lipinski definition) is 4. The molecule has 1 aromatic heterocycles. The van der Waals surface area contributed by atoms with Gasteiger partial charge in [-0.15, -0.1) is 0 Å². The van der Waals surface area contributed by atoms with Gasteiger partial charge < -0.3 is 9.52 Å². The van der Waals surface area contributed by atoms with E-state index in [9.17, 15) is 22.7 Å². The molecule has 6 nitrogen and oxygen atoms in total. The molecule has 0 amide bonds. The van der Waals surface area contributed by atoms with E-state index in [-0.39, 0.29) is 22.8 Å². The van der Waals surface area contributed by atoms with E-state index >= 15 is 0 Å². The highest BCUT2D eigenvalue weighted by Crippen LogP contribution is 2.46. The van der Waals surface area contributed by atoms with Crippen molar-refractivity contribution in [1.82, 2.24) is 0 Å². The van der Waals surface area contributed by atoms with E-state index in [1.165, 1.54) is 24.3 Å². The monoisotopic (exact) mass is 417 g/mol. The molecule has 2 aromatic carbocycles. The Labute approximate surface area is 167 Å². The summed E-state index contributed by atoms with van der Waals surface area (Å²) in [5.41, 5.74) is 1.83. The number of furan rings is 1. The first-order chi connectivity index (χ1) is 13.7. The van der Waals surface area contributed by atoms with Crippen LogP contribution in [-0.2, 0) is 10.0 Å². The van der Waals surface area contributed by atoms with E-state index in [0.29, 0.717) is 16.6 Å². The van der Waals surface area contributed by atoms with E-state index in [0.717, 1.165) is 18.4 Å². The van der Waals surface area contributed by atoms with Crippen molar-refractivity contribution < 1.29 is 27.1 Å². The number of sulfonamides is 1. The number of carboxylic acids is 1. The van der Waals surface area contributed by atoms with Crippen LogP contribution >= 0.6 is 0 Å². The molecular weight excluding hydrogens is 397 g/mol. The number of carboxylic acid groups (broad SMARTS) is 1. The lowest BCUT2D eigenvalue weighted by Crippen LogP contribution is -2.23.